The molecule has 0 spiro atoms. The van der Waals surface area contributed by atoms with Crippen molar-refractivity contribution in [1.82, 2.24) is 0 Å². The number of aliphatic imine (C=N–C) groups is 1. The summed E-state index contributed by atoms with van der Waals surface area (Å²) < 4.78 is 6.67. The Hall–Kier alpha value is -1.88. The summed E-state index contributed by atoms with van der Waals surface area (Å²) in [6.45, 7) is 0. The van der Waals surface area contributed by atoms with Gasteiger partial charge in [0.15, 0.2) is 0 Å². The molecule has 0 bridgehead atoms. The summed E-state index contributed by atoms with van der Waals surface area (Å²) in [5, 5.41) is 2.33. The maximum atomic E-state index is 5.47. The van der Waals surface area contributed by atoms with Crippen LogP contribution in [0.15, 0.2) is 65.7 Å². The maximum Gasteiger partial charge on any atom is 0.128 e. The van der Waals surface area contributed by atoms with E-state index in [9.17, 15) is 0 Å². The van der Waals surface area contributed by atoms with Crippen molar-refractivity contribution in [2.75, 3.05) is 7.11 Å². The number of benzene rings is 3. The standard InChI is InChI=1S/C18H14INO/c1-21-18-11-6-13-4-2-3-5-16(13)17(18)12-20-15-9-7-14(19)8-10-15/h2-12H,1H3. The highest BCUT2D eigenvalue weighted by Gasteiger charge is 2.05. The second-order valence-electron chi connectivity index (χ2n) is 4.64. The summed E-state index contributed by atoms with van der Waals surface area (Å²) in [4.78, 5) is 4.57. The third-order valence-electron chi connectivity index (χ3n) is 3.32. The zero-order valence-electron chi connectivity index (χ0n) is 11.6. The Bertz CT molecular complexity index is 794. The van der Waals surface area contributed by atoms with Gasteiger partial charge in [-0.1, -0.05) is 30.3 Å². The summed E-state index contributed by atoms with van der Waals surface area (Å²) in [6, 6.07) is 20.4. The molecule has 3 aromatic carbocycles. The Labute approximate surface area is 137 Å². The lowest BCUT2D eigenvalue weighted by molar-refractivity contribution is 0.415. The minimum Gasteiger partial charge on any atom is -0.496 e. The molecule has 21 heavy (non-hydrogen) atoms. The predicted molar refractivity (Wildman–Crippen MR) is 96.9 cm³/mol. The Morgan fingerprint density at radius 2 is 1.71 bits per heavy atom. The van der Waals surface area contributed by atoms with E-state index < -0.39 is 0 Å². The van der Waals surface area contributed by atoms with Gasteiger partial charge in [-0.2, -0.15) is 0 Å². The molecule has 0 aliphatic heterocycles. The number of methoxy groups -OCH3 is 1. The molecule has 3 heteroatoms. The zero-order chi connectivity index (χ0) is 14.7. The van der Waals surface area contributed by atoms with E-state index in [1.54, 1.807) is 7.11 Å². The van der Waals surface area contributed by atoms with Crippen LogP contribution >= 0.6 is 22.6 Å². The highest BCUT2D eigenvalue weighted by atomic mass is 127. The van der Waals surface area contributed by atoms with E-state index >= 15 is 0 Å². The number of fused-ring (bicyclic) bond motifs is 1. The number of ether oxygens (including phenoxy) is 1. The molecule has 0 saturated carbocycles. The van der Waals surface area contributed by atoms with Gasteiger partial charge in [0.2, 0.25) is 0 Å². The minimum absolute atomic E-state index is 0.836. The fourth-order valence-corrected chi connectivity index (χ4v) is 2.61. The molecule has 3 rings (SSSR count). The normalized spacial score (nSPS) is 11.1. The van der Waals surface area contributed by atoms with Crippen molar-refractivity contribution < 1.29 is 4.74 Å². The van der Waals surface area contributed by atoms with Crippen LogP contribution in [0.4, 0.5) is 5.69 Å². The number of hydrogen-bond acceptors (Lipinski definition) is 2. The van der Waals surface area contributed by atoms with Crippen molar-refractivity contribution >= 4 is 45.3 Å². The van der Waals surface area contributed by atoms with Gasteiger partial charge in [0.05, 0.1) is 12.8 Å². The van der Waals surface area contributed by atoms with Crippen LogP contribution in [0, 0.1) is 3.57 Å². The van der Waals surface area contributed by atoms with Crippen LogP contribution in [0.1, 0.15) is 5.56 Å². The van der Waals surface area contributed by atoms with E-state index in [2.05, 4.69) is 45.8 Å². The van der Waals surface area contributed by atoms with Gasteiger partial charge in [-0.15, -0.1) is 0 Å². The SMILES string of the molecule is COc1ccc2ccccc2c1C=Nc1ccc(I)cc1. The first-order valence-corrected chi connectivity index (χ1v) is 7.71. The van der Waals surface area contributed by atoms with Gasteiger partial charge in [-0.3, -0.25) is 4.99 Å². The average Bonchev–Trinajstić information content (AvgIpc) is 2.54. The Balaban J connectivity index is 2.08. The molecule has 104 valence electrons. The van der Waals surface area contributed by atoms with Gasteiger partial charge in [0.1, 0.15) is 5.75 Å². The second kappa shape index (κ2) is 6.26. The highest BCUT2D eigenvalue weighted by molar-refractivity contribution is 14.1. The molecule has 0 unspecified atom stereocenters. The summed E-state index contributed by atoms with van der Waals surface area (Å²) in [5.74, 6) is 0.836. The lowest BCUT2D eigenvalue weighted by atomic mass is 10.0. The number of hydrogen-bond donors (Lipinski definition) is 0. The predicted octanol–water partition coefficient (Wildman–Crippen LogP) is 5.20. The van der Waals surface area contributed by atoms with Crippen molar-refractivity contribution in [3.63, 3.8) is 0 Å². The molecule has 0 radical (unpaired) electrons. The third-order valence-corrected chi connectivity index (χ3v) is 4.04. The van der Waals surface area contributed by atoms with Crippen LogP contribution < -0.4 is 4.74 Å². The van der Waals surface area contributed by atoms with E-state index in [1.807, 2.05) is 48.7 Å². The van der Waals surface area contributed by atoms with Gasteiger partial charge in [0.25, 0.3) is 0 Å². The first-order valence-electron chi connectivity index (χ1n) is 6.63. The molecule has 3 aromatic rings. The minimum atomic E-state index is 0.836. The van der Waals surface area contributed by atoms with E-state index in [4.69, 9.17) is 4.74 Å². The smallest absolute Gasteiger partial charge is 0.128 e. The molecular weight excluding hydrogens is 373 g/mol. The number of nitrogens with zero attached hydrogens (tertiary/aromatic N) is 1. The summed E-state index contributed by atoms with van der Waals surface area (Å²) >= 11 is 2.29. The molecule has 0 atom stereocenters. The van der Waals surface area contributed by atoms with Crippen LogP contribution in [0.2, 0.25) is 0 Å². The van der Waals surface area contributed by atoms with Crippen molar-refractivity contribution in [2.45, 2.75) is 0 Å². The molecule has 0 fully saturated rings. The van der Waals surface area contributed by atoms with Crippen molar-refractivity contribution in [2.24, 2.45) is 4.99 Å². The van der Waals surface area contributed by atoms with Crippen LogP contribution in [-0.4, -0.2) is 13.3 Å². The fourth-order valence-electron chi connectivity index (χ4n) is 2.25. The number of rotatable bonds is 3. The Morgan fingerprint density at radius 1 is 0.952 bits per heavy atom. The van der Waals surface area contributed by atoms with E-state index in [0.717, 1.165) is 22.4 Å². The fraction of sp³-hybridized carbons (Fsp3) is 0.0556. The van der Waals surface area contributed by atoms with Gasteiger partial charge >= 0.3 is 0 Å². The zero-order valence-corrected chi connectivity index (χ0v) is 13.7. The Kier molecular flexibility index (Phi) is 4.20. The number of halogens is 1. The maximum absolute atomic E-state index is 5.47. The van der Waals surface area contributed by atoms with Crippen molar-refractivity contribution in [3.05, 3.63) is 69.8 Å². The average molecular weight is 387 g/mol. The molecule has 0 aromatic heterocycles. The van der Waals surface area contributed by atoms with Crippen LogP contribution in [0.3, 0.4) is 0 Å². The molecule has 0 N–H and O–H groups in total. The van der Waals surface area contributed by atoms with Crippen LogP contribution in [-0.2, 0) is 0 Å². The van der Waals surface area contributed by atoms with Crippen molar-refractivity contribution in [1.29, 1.82) is 0 Å². The highest BCUT2D eigenvalue weighted by Crippen LogP contribution is 2.27. The molecule has 0 saturated heterocycles. The quantitative estimate of drug-likeness (QED) is 0.447. The van der Waals surface area contributed by atoms with E-state index in [0.29, 0.717) is 0 Å². The van der Waals surface area contributed by atoms with Crippen LogP contribution in [0.25, 0.3) is 10.8 Å². The molecule has 2 nitrogen and oxygen atoms in total. The Morgan fingerprint density at radius 3 is 2.48 bits per heavy atom. The molecule has 0 amide bonds. The van der Waals surface area contributed by atoms with Crippen molar-refractivity contribution in [3.8, 4) is 5.75 Å². The summed E-state index contributed by atoms with van der Waals surface area (Å²) in [5.41, 5.74) is 1.94. The monoisotopic (exact) mass is 387 g/mol. The third kappa shape index (κ3) is 3.08. The summed E-state index contributed by atoms with van der Waals surface area (Å²) in [7, 11) is 1.69. The first-order chi connectivity index (χ1) is 10.3. The van der Waals surface area contributed by atoms with Gasteiger partial charge in [-0.25, -0.2) is 0 Å². The topological polar surface area (TPSA) is 21.6 Å². The van der Waals surface area contributed by atoms with Gasteiger partial charge in [0, 0.05) is 15.3 Å². The second-order valence-corrected chi connectivity index (χ2v) is 5.88. The van der Waals surface area contributed by atoms with Gasteiger partial charge in [-0.05, 0) is 63.7 Å². The molecule has 0 heterocycles. The first kappa shape index (κ1) is 14.1. The lowest BCUT2D eigenvalue weighted by Crippen LogP contribution is -1.92. The van der Waals surface area contributed by atoms with Crippen LogP contribution in [0.5, 0.6) is 5.75 Å². The van der Waals surface area contributed by atoms with E-state index in [-0.39, 0.29) is 0 Å². The van der Waals surface area contributed by atoms with E-state index in [1.165, 1.54) is 8.96 Å². The molecular formula is C18H14INO. The van der Waals surface area contributed by atoms with Gasteiger partial charge < -0.3 is 4.74 Å². The molecule has 0 aliphatic rings. The largest absolute Gasteiger partial charge is 0.496 e. The summed E-state index contributed by atoms with van der Waals surface area (Å²) in [6.07, 6.45) is 1.88. The molecule has 0 aliphatic carbocycles. The lowest BCUT2D eigenvalue weighted by Gasteiger charge is -2.08.